The van der Waals surface area contributed by atoms with Crippen LogP contribution >= 0.6 is 0 Å². The van der Waals surface area contributed by atoms with E-state index in [9.17, 15) is 4.79 Å². The quantitative estimate of drug-likeness (QED) is 0.922. The summed E-state index contributed by atoms with van der Waals surface area (Å²) in [6.45, 7) is 11.4. The summed E-state index contributed by atoms with van der Waals surface area (Å²) in [7, 11) is 0. The second-order valence-electron chi connectivity index (χ2n) is 6.46. The van der Waals surface area contributed by atoms with Gasteiger partial charge in [-0.05, 0) is 42.5 Å². The molecule has 2 atom stereocenters. The molecule has 3 nitrogen and oxygen atoms in total. The van der Waals surface area contributed by atoms with Crippen LogP contribution in [0.4, 0.5) is 0 Å². The van der Waals surface area contributed by atoms with Gasteiger partial charge < -0.3 is 10.2 Å². The lowest BCUT2D eigenvalue weighted by atomic mass is 9.93. The van der Waals surface area contributed by atoms with E-state index in [0.29, 0.717) is 17.9 Å². The molecule has 1 aliphatic rings. The molecule has 1 fully saturated rings. The Labute approximate surface area is 128 Å². The molecule has 1 amide bonds. The van der Waals surface area contributed by atoms with E-state index in [1.54, 1.807) is 0 Å². The summed E-state index contributed by atoms with van der Waals surface area (Å²) in [5, 5.41) is 3.52. The van der Waals surface area contributed by atoms with Gasteiger partial charge in [0, 0.05) is 24.7 Å². The van der Waals surface area contributed by atoms with Gasteiger partial charge in [0.2, 0.25) is 0 Å². The third-order valence-electron chi connectivity index (χ3n) is 4.48. The minimum absolute atomic E-state index is 0.173. The zero-order chi connectivity index (χ0) is 15.4. The fraction of sp³-hybridized carbons (Fsp3) is 0.611. The van der Waals surface area contributed by atoms with Crippen molar-refractivity contribution in [3.63, 3.8) is 0 Å². The van der Waals surface area contributed by atoms with Crippen LogP contribution in [0, 0.1) is 5.92 Å². The lowest BCUT2D eigenvalue weighted by Crippen LogP contribution is -2.50. The van der Waals surface area contributed by atoms with E-state index in [4.69, 9.17) is 0 Å². The van der Waals surface area contributed by atoms with Gasteiger partial charge in [-0.3, -0.25) is 4.79 Å². The number of carbonyl (C=O) groups is 1. The first-order chi connectivity index (χ1) is 10.0. The Bertz CT molecular complexity index is 467. The van der Waals surface area contributed by atoms with Gasteiger partial charge in [0.15, 0.2) is 0 Å². The summed E-state index contributed by atoms with van der Waals surface area (Å²) in [4.78, 5) is 14.6. The third kappa shape index (κ3) is 3.85. The van der Waals surface area contributed by atoms with Crippen molar-refractivity contribution in [2.75, 3.05) is 19.6 Å². The maximum absolute atomic E-state index is 12.6. The van der Waals surface area contributed by atoms with E-state index in [2.05, 4.69) is 45.1 Å². The molecule has 0 bridgehead atoms. The highest BCUT2D eigenvalue weighted by molar-refractivity contribution is 5.94. The van der Waals surface area contributed by atoms with Crippen molar-refractivity contribution in [3.05, 3.63) is 35.4 Å². The maximum Gasteiger partial charge on any atom is 0.253 e. The zero-order valence-corrected chi connectivity index (χ0v) is 13.7. The molecule has 1 heterocycles. The summed E-state index contributed by atoms with van der Waals surface area (Å²) in [6.07, 6.45) is 1.05. The van der Waals surface area contributed by atoms with Crippen LogP contribution in [0.25, 0.3) is 0 Å². The fourth-order valence-electron chi connectivity index (χ4n) is 3.09. The van der Waals surface area contributed by atoms with Crippen molar-refractivity contribution >= 4 is 5.91 Å². The molecule has 1 N–H and O–H groups in total. The molecule has 1 aliphatic heterocycles. The lowest BCUT2D eigenvalue weighted by molar-refractivity contribution is 0.0646. The Morgan fingerprint density at radius 1 is 1.33 bits per heavy atom. The van der Waals surface area contributed by atoms with Gasteiger partial charge >= 0.3 is 0 Å². The summed E-state index contributed by atoms with van der Waals surface area (Å²) >= 11 is 0. The molecule has 1 aromatic rings. The molecule has 1 saturated heterocycles. The van der Waals surface area contributed by atoms with Crippen LogP contribution in [-0.4, -0.2) is 36.5 Å². The maximum atomic E-state index is 12.6. The molecule has 0 spiro atoms. The number of likely N-dealkylation sites (tertiary alicyclic amines) is 1. The van der Waals surface area contributed by atoms with Gasteiger partial charge in [-0.2, -0.15) is 0 Å². The Hall–Kier alpha value is -1.35. The molecule has 0 aromatic heterocycles. The van der Waals surface area contributed by atoms with Crippen molar-refractivity contribution in [3.8, 4) is 0 Å². The Morgan fingerprint density at radius 3 is 2.52 bits per heavy atom. The molecular weight excluding hydrogens is 260 g/mol. The molecule has 2 rings (SSSR count). The lowest BCUT2D eigenvalue weighted by Gasteiger charge is -2.37. The molecule has 21 heavy (non-hydrogen) atoms. The van der Waals surface area contributed by atoms with Gasteiger partial charge in [-0.25, -0.2) is 0 Å². The van der Waals surface area contributed by atoms with E-state index >= 15 is 0 Å². The number of nitrogens with zero attached hydrogens (tertiary/aromatic N) is 1. The van der Waals surface area contributed by atoms with Gasteiger partial charge in [0.1, 0.15) is 0 Å². The second kappa shape index (κ2) is 7.08. The van der Waals surface area contributed by atoms with Gasteiger partial charge in [0.25, 0.3) is 5.91 Å². The highest BCUT2D eigenvalue weighted by Gasteiger charge is 2.28. The summed E-state index contributed by atoms with van der Waals surface area (Å²) < 4.78 is 0. The SMILES string of the molecule is CCNC1CCN(C(=O)c2ccc(C(C)C)cc2)CC1C. The third-order valence-corrected chi connectivity index (χ3v) is 4.48. The number of amides is 1. The molecule has 0 aliphatic carbocycles. The van der Waals surface area contributed by atoms with E-state index < -0.39 is 0 Å². The largest absolute Gasteiger partial charge is 0.338 e. The molecule has 0 radical (unpaired) electrons. The molecule has 0 saturated carbocycles. The number of hydrogen-bond acceptors (Lipinski definition) is 2. The first kappa shape index (κ1) is 16.0. The number of carbonyl (C=O) groups excluding carboxylic acids is 1. The van der Waals surface area contributed by atoms with Crippen LogP contribution in [0.3, 0.4) is 0 Å². The van der Waals surface area contributed by atoms with Gasteiger partial charge in [0.05, 0.1) is 0 Å². The van der Waals surface area contributed by atoms with Crippen molar-refractivity contribution in [1.29, 1.82) is 0 Å². The normalized spacial score (nSPS) is 22.6. The monoisotopic (exact) mass is 288 g/mol. The first-order valence-electron chi connectivity index (χ1n) is 8.15. The molecule has 116 valence electrons. The summed E-state index contributed by atoms with van der Waals surface area (Å²) in [5.74, 6) is 1.19. The second-order valence-corrected chi connectivity index (χ2v) is 6.46. The van der Waals surface area contributed by atoms with E-state index in [1.165, 1.54) is 5.56 Å². The molecular formula is C18H28N2O. The summed E-state index contributed by atoms with van der Waals surface area (Å²) in [5.41, 5.74) is 2.10. The van der Waals surface area contributed by atoms with Crippen LogP contribution in [0.1, 0.15) is 56.0 Å². The van der Waals surface area contributed by atoms with Crippen molar-refractivity contribution in [2.45, 2.75) is 46.1 Å². The van der Waals surface area contributed by atoms with Crippen LogP contribution in [-0.2, 0) is 0 Å². The number of hydrogen-bond donors (Lipinski definition) is 1. The average molecular weight is 288 g/mol. The molecule has 1 aromatic carbocycles. The van der Waals surface area contributed by atoms with Gasteiger partial charge in [-0.15, -0.1) is 0 Å². The van der Waals surface area contributed by atoms with Crippen molar-refractivity contribution in [1.82, 2.24) is 10.2 Å². The Morgan fingerprint density at radius 2 is 2.00 bits per heavy atom. The Kier molecular flexibility index (Phi) is 5.40. The number of rotatable bonds is 4. The Balaban J connectivity index is 2.00. The summed E-state index contributed by atoms with van der Waals surface area (Å²) in [6, 6.07) is 8.64. The van der Waals surface area contributed by atoms with E-state index in [1.807, 2.05) is 17.0 Å². The van der Waals surface area contributed by atoms with Crippen LogP contribution in [0.2, 0.25) is 0 Å². The predicted molar refractivity (Wildman–Crippen MR) is 87.7 cm³/mol. The van der Waals surface area contributed by atoms with Crippen molar-refractivity contribution < 1.29 is 4.79 Å². The molecule has 3 heteroatoms. The number of piperidine rings is 1. The smallest absolute Gasteiger partial charge is 0.253 e. The predicted octanol–water partition coefficient (Wildman–Crippen LogP) is 3.27. The average Bonchev–Trinajstić information content (AvgIpc) is 2.49. The molecule has 2 unspecified atom stereocenters. The number of benzene rings is 1. The standard InChI is InChI=1S/C18H28N2O/c1-5-19-17-10-11-20(12-14(17)4)18(21)16-8-6-15(7-9-16)13(2)3/h6-9,13-14,17,19H,5,10-12H2,1-4H3. The first-order valence-corrected chi connectivity index (χ1v) is 8.15. The topological polar surface area (TPSA) is 32.3 Å². The fourth-order valence-corrected chi connectivity index (χ4v) is 3.09. The van der Waals surface area contributed by atoms with Crippen LogP contribution < -0.4 is 5.32 Å². The zero-order valence-electron chi connectivity index (χ0n) is 13.7. The van der Waals surface area contributed by atoms with Crippen molar-refractivity contribution in [2.24, 2.45) is 5.92 Å². The van der Waals surface area contributed by atoms with Gasteiger partial charge in [-0.1, -0.05) is 39.8 Å². The minimum Gasteiger partial charge on any atom is -0.338 e. The van der Waals surface area contributed by atoms with E-state index in [-0.39, 0.29) is 5.91 Å². The number of nitrogens with one attached hydrogen (secondary N) is 1. The van der Waals surface area contributed by atoms with Crippen LogP contribution in [0.15, 0.2) is 24.3 Å². The minimum atomic E-state index is 0.173. The highest BCUT2D eigenvalue weighted by atomic mass is 16.2. The van der Waals surface area contributed by atoms with E-state index in [0.717, 1.165) is 31.6 Å². The highest BCUT2D eigenvalue weighted by Crippen LogP contribution is 2.20. The van der Waals surface area contributed by atoms with Crippen LogP contribution in [0.5, 0.6) is 0 Å².